The maximum atomic E-state index is 12.4. The zero-order valence-electron chi connectivity index (χ0n) is 13.5. The molecule has 2 heterocycles. The number of rotatable bonds is 4. The standard InChI is InChI=1S/C17H18N6O2/c18-8-11-1-3-13(4-2-11)20-9-16(25)23-6-5-12(10-23)14-7-15(24)22-17(19)21-14/h1-4,7,12,20H,5-6,9-10H2,(H3,19,21,22,24). The summed E-state index contributed by atoms with van der Waals surface area (Å²) in [5, 5.41) is 11.8. The fraction of sp³-hybridized carbons (Fsp3) is 0.294. The van der Waals surface area contributed by atoms with Gasteiger partial charge in [0.2, 0.25) is 11.9 Å². The van der Waals surface area contributed by atoms with Crippen molar-refractivity contribution in [1.82, 2.24) is 14.9 Å². The number of carbonyl (C=O) groups excluding carboxylic acids is 1. The van der Waals surface area contributed by atoms with E-state index in [9.17, 15) is 9.59 Å². The quantitative estimate of drug-likeness (QED) is 0.751. The summed E-state index contributed by atoms with van der Waals surface area (Å²) in [5.41, 5.74) is 7.27. The number of hydrogen-bond donors (Lipinski definition) is 3. The van der Waals surface area contributed by atoms with Crippen molar-refractivity contribution >= 4 is 17.5 Å². The molecule has 0 saturated carbocycles. The molecule has 2 aromatic rings. The predicted molar refractivity (Wildman–Crippen MR) is 92.9 cm³/mol. The second kappa shape index (κ2) is 7.05. The lowest BCUT2D eigenvalue weighted by Crippen LogP contribution is -2.33. The van der Waals surface area contributed by atoms with Crippen LogP contribution in [0.1, 0.15) is 23.6 Å². The third-order valence-corrected chi connectivity index (χ3v) is 4.20. The van der Waals surface area contributed by atoms with E-state index in [4.69, 9.17) is 11.0 Å². The van der Waals surface area contributed by atoms with Gasteiger partial charge in [-0.15, -0.1) is 0 Å². The van der Waals surface area contributed by atoms with Gasteiger partial charge in [0, 0.05) is 30.8 Å². The number of nitriles is 1. The van der Waals surface area contributed by atoms with Gasteiger partial charge in [-0.05, 0) is 30.7 Å². The normalized spacial score (nSPS) is 16.4. The molecular weight excluding hydrogens is 320 g/mol. The second-order valence-electron chi connectivity index (χ2n) is 5.92. The highest BCUT2D eigenvalue weighted by Gasteiger charge is 2.28. The van der Waals surface area contributed by atoms with E-state index in [-0.39, 0.29) is 29.9 Å². The Morgan fingerprint density at radius 2 is 2.20 bits per heavy atom. The van der Waals surface area contributed by atoms with Gasteiger partial charge in [0.15, 0.2) is 0 Å². The lowest BCUT2D eigenvalue weighted by molar-refractivity contribution is -0.128. The van der Waals surface area contributed by atoms with Gasteiger partial charge < -0.3 is 16.0 Å². The molecule has 1 aromatic carbocycles. The van der Waals surface area contributed by atoms with E-state index < -0.39 is 0 Å². The number of likely N-dealkylation sites (tertiary alicyclic amines) is 1. The van der Waals surface area contributed by atoms with E-state index in [2.05, 4.69) is 15.3 Å². The average molecular weight is 338 g/mol. The van der Waals surface area contributed by atoms with Crippen molar-refractivity contribution in [1.29, 1.82) is 5.26 Å². The Hall–Kier alpha value is -3.34. The lowest BCUT2D eigenvalue weighted by Gasteiger charge is -2.17. The molecular formula is C17H18N6O2. The second-order valence-corrected chi connectivity index (χ2v) is 5.92. The molecule has 1 unspecified atom stereocenters. The molecule has 1 saturated heterocycles. The van der Waals surface area contributed by atoms with Gasteiger partial charge in [-0.2, -0.15) is 5.26 Å². The van der Waals surface area contributed by atoms with Crippen molar-refractivity contribution in [3.8, 4) is 6.07 Å². The first-order valence-corrected chi connectivity index (χ1v) is 7.93. The summed E-state index contributed by atoms with van der Waals surface area (Å²) in [5.74, 6) is 0.0860. The third kappa shape index (κ3) is 3.95. The van der Waals surface area contributed by atoms with Gasteiger partial charge in [-0.3, -0.25) is 14.6 Å². The van der Waals surface area contributed by atoms with E-state index in [1.54, 1.807) is 29.2 Å². The minimum Gasteiger partial charge on any atom is -0.376 e. The van der Waals surface area contributed by atoms with Gasteiger partial charge in [0.1, 0.15) is 0 Å². The molecule has 0 aliphatic carbocycles. The summed E-state index contributed by atoms with van der Waals surface area (Å²) in [7, 11) is 0. The van der Waals surface area contributed by atoms with E-state index in [1.807, 2.05) is 6.07 Å². The number of anilines is 2. The first-order chi connectivity index (χ1) is 12.0. The highest BCUT2D eigenvalue weighted by molar-refractivity contribution is 5.81. The van der Waals surface area contributed by atoms with Crippen LogP contribution in [0.25, 0.3) is 0 Å². The van der Waals surface area contributed by atoms with Crippen LogP contribution in [0.5, 0.6) is 0 Å². The molecule has 25 heavy (non-hydrogen) atoms. The number of benzene rings is 1. The van der Waals surface area contributed by atoms with Gasteiger partial charge in [-0.25, -0.2) is 4.98 Å². The number of nitrogens with zero attached hydrogens (tertiary/aromatic N) is 3. The summed E-state index contributed by atoms with van der Waals surface area (Å²) < 4.78 is 0. The number of amides is 1. The molecule has 1 aliphatic rings. The number of nitrogens with two attached hydrogens (primary N) is 1. The molecule has 1 aromatic heterocycles. The van der Waals surface area contributed by atoms with Crippen molar-refractivity contribution in [2.45, 2.75) is 12.3 Å². The Kier molecular flexibility index (Phi) is 4.66. The topological polar surface area (TPSA) is 128 Å². The van der Waals surface area contributed by atoms with Crippen molar-refractivity contribution in [2.24, 2.45) is 0 Å². The van der Waals surface area contributed by atoms with Crippen LogP contribution in [0.15, 0.2) is 35.1 Å². The SMILES string of the molecule is N#Cc1ccc(NCC(=O)N2CCC(c3cc(=O)[nH]c(N)n3)C2)cc1. The third-order valence-electron chi connectivity index (χ3n) is 4.20. The molecule has 1 fully saturated rings. The average Bonchev–Trinajstić information content (AvgIpc) is 3.09. The molecule has 1 amide bonds. The Bertz CT molecular complexity index is 868. The highest BCUT2D eigenvalue weighted by Crippen LogP contribution is 2.25. The molecule has 0 radical (unpaired) electrons. The van der Waals surface area contributed by atoms with Crippen molar-refractivity contribution in [2.75, 3.05) is 30.7 Å². The van der Waals surface area contributed by atoms with Gasteiger partial charge >= 0.3 is 0 Å². The molecule has 128 valence electrons. The van der Waals surface area contributed by atoms with E-state index in [1.165, 1.54) is 6.07 Å². The highest BCUT2D eigenvalue weighted by atomic mass is 16.2. The molecule has 3 rings (SSSR count). The minimum atomic E-state index is -0.283. The summed E-state index contributed by atoms with van der Waals surface area (Å²) in [6.07, 6.45) is 0.749. The Balaban J connectivity index is 1.57. The first kappa shape index (κ1) is 16.5. The molecule has 1 aliphatic heterocycles. The van der Waals surface area contributed by atoms with Crippen LogP contribution in [0.3, 0.4) is 0 Å². The lowest BCUT2D eigenvalue weighted by atomic mass is 10.1. The van der Waals surface area contributed by atoms with E-state index in [0.29, 0.717) is 24.3 Å². The Morgan fingerprint density at radius 3 is 2.88 bits per heavy atom. The van der Waals surface area contributed by atoms with Crippen molar-refractivity contribution in [3.05, 3.63) is 51.9 Å². The minimum absolute atomic E-state index is 0.0171. The predicted octanol–water partition coefficient (Wildman–Crippen LogP) is 0.652. The van der Waals surface area contributed by atoms with Crippen LogP contribution >= 0.6 is 0 Å². The molecule has 4 N–H and O–H groups in total. The van der Waals surface area contributed by atoms with Gasteiger partial charge in [-0.1, -0.05) is 0 Å². The number of aromatic amines is 1. The number of nitrogens with one attached hydrogen (secondary N) is 2. The van der Waals surface area contributed by atoms with Crippen LogP contribution in [0.4, 0.5) is 11.6 Å². The molecule has 0 spiro atoms. The Morgan fingerprint density at radius 1 is 1.44 bits per heavy atom. The van der Waals surface area contributed by atoms with Gasteiger partial charge in [0.05, 0.1) is 23.9 Å². The largest absolute Gasteiger partial charge is 0.376 e. The molecule has 8 nitrogen and oxygen atoms in total. The number of carbonyl (C=O) groups is 1. The van der Waals surface area contributed by atoms with Crippen molar-refractivity contribution in [3.63, 3.8) is 0 Å². The maximum absolute atomic E-state index is 12.4. The fourth-order valence-electron chi connectivity index (χ4n) is 2.89. The smallest absolute Gasteiger partial charge is 0.252 e. The van der Waals surface area contributed by atoms with Crippen molar-refractivity contribution < 1.29 is 4.79 Å². The monoisotopic (exact) mass is 338 g/mol. The first-order valence-electron chi connectivity index (χ1n) is 7.93. The number of H-pyrrole nitrogens is 1. The fourth-order valence-corrected chi connectivity index (χ4v) is 2.89. The van der Waals surface area contributed by atoms with E-state index >= 15 is 0 Å². The van der Waals surface area contributed by atoms with Crippen LogP contribution in [0.2, 0.25) is 0 Å². The zero-order chi connectivity index (χ0) is 17.8. The Labute approximate surface area is 144 Å². The number of aromatic nitrogens is 2. The summed E-state index contributed by atoms with van der Waals surface area (Å²) in [4.78, 5) is 32.2. The molecule has 8 heteroatoms. The zero-order valence-corrected chi connectivity index (χ0v) is 13.5. The number of nitrogen functional groups attached to an aromatic ring is 1. The van der Waals surface area contributed by atoms with Crippen LogP contribution < -0.4 is 16.6 Å². The van der Waals surface area contributed by atoms with E-state index in [0.717, 1.165) is 12.1 Å². The maximum Gasteiger partial charge on any atom is 0.252 e. The number of hydrogen-bond acceptors (Lipinski definition) is 6. The summed E-state index contributed by atoms with van der Waals surface area (Å²) >= 11 is 0. The molecule has 0 bridgehead atoms. The van der Waals surface area contributed by atoms with Crippen LogP contribution in [0, 0.1) is 11.3 Å². The van der Waals surface area contributed by atoms with Gasteiger partial charge in [0.25, 0.3) is 5.56 Å². The summed E-state index contributed by atoms with van der Waals surface area (Å²) in [6, 6.07) is 10.4. The molecule has 1 atom stereocenters. The van der Waals surface area contributed by atoms with Crippen LogP contribution in [-0.2, 0) is 4.79 Å². The summed E-state index contributed by atoms with van der Waals surface area (Å²) in [6.45, 7) is 1.31. The van der Waals surface area contributed by atoms with Crippen LogP contribution in [-0.4, -0.2) is 40.4 Å².